The molecule has 0 saturated carbocycles. The molecule has 0 aliphatic carbocycles. The first-order chi connectivity index (χ1) is 13.2. The fourth-order valence-electron chi connectivity index (χ4n) is 3.63. The summed E-state index contributed by atoms with van der Waals surface area (Å²) in [6.07, 6.45) is 1.84. The van der Waals surface area contributed by atoms with Crippen molar-refractivity contribution in [3.8, 4) is 0 Å². The minimum absolute atomic E-state index is 0.0113. The van der Waals surface area contributed by atoms with Crippen LogP contribution in [0.25, 0.3) is 21.1 Å². The van der Waals surface area contributed by atoms with Crippen molar-refractivity contribution >= 4 is 43.4 Å². The average molecular weight is 377 g/mol. The lowest BCUT2D eigenvalue weighted by atomic mass is 10.2. The number of benzene rings is 1. The molecule has 1 aliphatic rings. The van der Waals surface area contributed by atoms with Gasteiger partial charge in [-0.05, 0) is 30.3 Å². The topological polar surface area (TPSA) is 54.3 Å². The second kappa shape index (κ2) is 6.35. The zero-order valence-corrected chi connectivity index (χ0v) is 15.8. The Kier molecular flexibility index (Phi) is 3.82. The molecular formula is C20H19N5OS. The summed E-state index contributed by atoms with van der Waals surface area (Å²) in [6, 6.07) is 13.6. The summed E-state index contributed by atoms with van der Waals surface area (Å²) in [4.78, 5) is 25.9. The van der Waals surface area contributed by atoms with E-state index in [9.17, 15) is 4.79 Å². The van der Waals surface area contributed by atoms with Gasteiger partial charge in [-0.2, -0.15) is 0 Å². The first kappa shape index (κ1) is 16.3. The van der Waals surface area contributed by atoms with Crippen molar-refractivity contribution in [2.75, 3.05) is 36.0 Å². The number of hydrogen-bond acceptors (Lipinski definition) is 6. The largest absolute Gasteiger partial charge is 0.353 e. The van der Waals surface area contributed by atoms with Crippen LogP contribution in [0.3, 0.4) is 0 Å². The molecule has 0 amide bonds. The summed E-state index contributed by atoms with van der Waals surface area (Å²) in [5, 5.41) is 2.14. The highest BCUT2D eigenvalue weighted by atomic mass is 32.1. The van der Waals surface area contributed by atoms with Crippen LogP contribution in [0.5, 0.6) is 0 Å². The molecule has 3 aromatic heterocycles. The minimum Gasteiger partial charge on any atom is -0.353 e. The third-order valence-electron chi connectivity index (χ3n) is 5.17. The molecule has 0 bridgehead atoms. The fourth-order valence-corrected chi connectivity index (χ4v) is 4.77. The summed E-state index contributed by atoms with van der Waals surface area (Å²) in [5.41, 5.74) is 1.95. The van der Waals surface area contributed by atoms with E-state index in [0.717, 1.165) is 58.2 Å². The third kappa shape index (κ3) is 2.75. The van der Waals surface area contributed by atoms with Crippen molar-refractivity contribution in [1.29, 1.82) is 0 Å². The predicted molar refractivity (Wildman–Crippen MR) is 111 cm³/mol. The van der Waals surface area contributed by atoms with Gasteiger partial charge < -0.3 is 14.4 Å². The van der Waals surface area contributed by atoms with Gasteiger partial charge >= 0.3 is 0 Å². The highest BCUT2D eigenvalue weighted by Gasteiger charge is 2.21. The molecule has 0 radical (unpaired) electrons. The van der Waals surface area contributed by atoms with Crippen LogP contribution in [0.2, 0.25) is 0 Å². The number of piperazine rings is 1. The van der Waals surface area contributed by atoms with Crippen LogP contribution in [0, 0.1) is 0 Å². The first-order valence-electron chi connectivity index (χ1n) is 9.01. The van der Waals surface area contributed by atoms with E-state index >= 15 is 0 Å². The maximum atomic E-state index is 11.9. The van der Waals surface area contributed by atoms with Crippen LogP contribution in [-0.4, -0.2) is 40.7 Å². The lowest BCUT2D eigenvalue weighted by Gasteiger charge is -2.35. The highest BCUT2D eigenvalue weighted by Crippen LogP contribution is 2.34. The zero-order chi connectivity index (χ0) is 18.4. The second-order valence-corrected chi connectivity index (χ2v) is 7.71. The van der Waals surface area contributed by atoms with Crippen molar-refractivity contribution < 1.29 is 0 Å². The molecule has 1 fully saturated rings. The highest BCUT2D eigenvalue weighted by molar-refractivity contribution is 7.23. The average Bonchev–Trinajstić information content (AvgIpc) is 3.16. The standard InChI is InChI=1S/C20H19N5OS/c1-23-16-7-6-15-19(14(16)5-8-18(23)26)27-20(22-15)25-12-10-24(11-13-25)17-4-2-3-9-21-17/h2-9H,10-13H2,1H3. The van der Waals surface area contributed by atoms with Crippen LogP contribution in [0.1, 0.15) is 0 Å². The molecule has 6 nitrogen and oxygen atoms in total. The van der Waals surface area contributed by atoms with E-state index in [1.807, 2.05) is 43.6 Å². The van der Waals surface area contributed by atoms with Crippen LogP contribution in [-0.2, 0) is 7.05 Å². The Balaban J connectivity index is 1.45. The number of nitrogens with zero attached hydrogens (tertiary/aromatic N) is 5. The number of anilines is 2. The van der Waals surface area contributed by atoms with E-state index in [4.69, 9.17) is 4.98 Å². The number of pyridine rings is 2. The van der Waals surface area contributed by atoms with Gasteiger partial charge in [-0.3, -0.25) is 4.79 Å². The van der Waals surface area contributed by atoms with Crippen LogP contribution in [0.4, 0.5) is 10.9 Å². The molecule has 27 heavy (non-hydrogen) atoms. The predicted octanol–water partition coefficient (Wildman–Crippen LogP) is 2.87. The molecule has 1 aliphatic heterocycles. The molecule has 0 atom stereocenters. The zero-order valence-electron chi connectivity index (χ0n) is 15.0. The van der Waals surface area contributed by atoms with E-state index < -0.39 is 0 Å². The smallest absolute Gasteiger partial charge is 0.250 e. The van der Waals surface area contributed by atoms with E-state index in [2.05, 4.69) is 20.9 Å². The summed E-state index contributed by atoms with van der Waals surface area (Å²) in [6.45, 7) is 3.71. The summed E-state index contributed by atoms with van der Waals surface area (Å²) >= 11 is 1.71. The summed E-state index contributed by atoms with van der Waals surface area (Å²) in [7, 11) is 1.81. The van der Waals surface area contributed by atoms with Crippen molar-refractivity contribution in [2.24, 2.45) is 7.05 Å². The van der Waals surface area contributed by atoms with Gasteiger partial charge in [0.1, 0.15) is 5.82 Å². The lowest BCUT2D eigenvalue weighted by molar-refractivity contribution is 0.646. The SMILES string of the molecule is Cn1c(=O)ccc2c3sc(N4CCN(c5ccccn5)CC4)nc3ccc21. The molecule has 0 N–H and O–H groups in total. The number of rotatable bonds is 2. The molecule has 4 aromatic rings. The van der Waals surface area contributed by atoms with Gasteiger partial charge in [0.05, 0.1) is 15.7 Å². The van der Waals surface area contributed by atoms with Gasteiger partial charge in [0, 0.05) is 50.9 Å². The molecule has 5 rings (SSSR count). The Morgan fingerprint density at radius 3 is 2.56 bits per heavy atom. The monoisotopic (exact) mass is 377 g/mol. The fraction of sp³-hybridized carbons (Fsp3) is 0.250. The van der Waals surface area contributed by atoms with Gasteiger partial charge in [0.2, 0.25) is 0 Å². The van der Waals surface area contributed by atoms with Crippen molar-refractivity contribution in [1.82, 2.24) is 14.5 Å². The summed E-state index contributed by atoms with van der Waals surface area (Å²) < 4.78 is 2.84. The molecular weight excluding hydrogens is 358 g/mol. The van der Waals surface area contributed by atoms with Crippen molar-refractivity contribution in [2.45, 2.75) is 0 Å². The lowest BCUT2D eigenvalue weighted by Crippen LogP contribution is -2.46. The maximum Gasteiger partial charge on any atom is 0.250 e. The van der Waals surface area contributed by atoms with Gasteiger partial charge in [0.25, 0.3) is 5.56 Å². The van der Waals surface area contributed by atoms with Crippen molar-refractivity contribution in [3.63, 3.8) is 0 Å². The normalized spacial score (nSPS) is 15.0. The van der Waals surface area contributed by atoms with Crippen molar-refractivity contribution in [3.05, 3.63) is 59.0 Å². The molecule has 4 heterocycles. The second-order valence-electron chi connectivity index (χ2n) is 6.74. The Bertz CT molecular complexity index is 1180. The molecule has 136 valence electrons. The summed E-state index contributed by atoms with van der Waals surface area (Å²) in [5.74, 6) is 1.04. The number of fused-ring (bicyclic) bond motifs is 3. The van der Waals surface area contributed by atoms with Crippen LogP contribution in [0.15, 0.2) is 53.5 Å². The first-order valence-corrected chi connectivity index (χ1v) is 9.82. The number of thiazole rings is 1. The Morgan fingerprint density at radius 2 is 1.78 bits per heavy atom. The van der Waals surface area contributed by atoms with Gasteiger partial charge in [-0.25, -0.2) is 9.97 Å². The number of aromatic nitrogens is 3. The maximum absolute atomic E-state index is 11.9. The third-order valence-corrected chi connectivity index (χ3v) is 6.33. The Hall–Kier alpha value is -2.93. The number of aryl methyl sites for hydroxylation is 1. The number of hydrogen-bond donors (Lipinski definition) is 0. The van der Waals surface area contributed by atoms with E-state index in [1.54, 1.807) is 22.0 Å². The van der Waals surface area contributed by atoms with Gasteiger partial charge in [0.15, 0.2) is 5.13 Å². The Labute approximate surface area is 160 Å². The van der Waals surface area contributed by atoms with Gasteiger partial charge in [-0.15, -0.1) is 0 Å². The molecule has 1 aromatic carbocycles. The van der Waals surface area contributed by atoms with Crippen LogP contribution < -0.4 is 15.4 Å². The van der Waals surface area contributed by atoms with Crippen LogP contribution >= 0.6 is 11.3 Å². The molecule has 0 spiro atoms. The molecule has 1 saturated heterocycles. The molecule has 0 unspecified atom stereocenters. The molecule has 7 heteroatoms. The van der Waals surface area contributed by atoms with E-state index in [0.29, 0.717) is 0 Å². The van der Waals surface area contributed by atoms with E-state index in [-0.39, 0.29) is 5.56 Å². The minimum atomic E-state index is 0.0113. The van der Waals surface area contributed by atoms with E-state index in [1.165, 1.54) is 0 Å². The quantitative estimate of drug-likeness (QED) is 0.538. The van der Waals surface area contributed by atoms with Gasteiger partial charge in [-0.1, -0.05) is 17.4 Å². The Morgan fingerprint density at radius 1 is 0.963 bits per heavy atom.